The SMILES string of the molecule is Cc1ccccc1COC(=O)c1cc2c(C)nn(-c3ccc(F)cc3)c2s1. The molecule has 2 heterocycles. The summed E-state index contributed by atoms with van der Waals surface area (Å²) in [6, 6.07) is 15.7. The number of halogens is 1. The van der Waals surface area contributed by atoms with Gasteiger partial charge in [0, 0.05) is 5.39 Å². The standard InChI is InChI=1S/C21H17FN2O2S/c1-13-5-3-4-6-15(13)12-26-21(25)19-11-18-14(2)23-24(20(18)27-19)17-9-7-16(22)8-10-17/h3-11H,12H2,1-2H3. The van der Waals surface area contributed by atoms with Gasteiger partial charge in [-0.05, 0) is 55.3 Å². The summed E-state index contributed by atoms with van der Waals surface area (Å²) in [5, 5.41) is 5.40. The van der Waals surface area contributed by atoms with Crippen molar-refractivity contribution in [2.45, 2.75) is 20.5 Å². The van der Waals surface area contributed by atoms with Gasteiger partial charge >= 0.3 is 5.97 Å². The monoisotopic (exact) mass is 380 g/mol. The van der Waals surface area contributed by atoms with Crippen molar-refractivity contribution in [3.05, 3.63) is 82.1 Å². The zero-order valence-corrected chi connectivity index (χ0v) is 15.7. The summed E-state index contributed by atoms with van der Waals surface area (Å²) in [4.78, 5) is 13.9. The van der Waals surface area contributed by atoms with Crippen LogP contribution in [0, 0.1) is 19.7 Å². The van der Waals surface area contributed by atoms with Gasteiger partial charge in [0.15, 0.2) is 0 Å². The van der Waals surface area contributed by atoms with E-state index in [2.05, 4.69) is 5.10 Å². The fourth-order valence-corrected chi connectivity index (χ4v) is 3.97. The van der Waals surface area contributed by atoms with Crippen molar-refractivity contribution in [3.8, 4) is 5.69 Å². The van der Waals surface area contributed by atoms with Crippen molar-refractivity contribution in [2.75, 3.05) is 0 Å². The Hall–Kier alpha value is -2.99. The Bertz CT molecular complexity index is 1130. The summed E-state index contributed by atoms with van der Waals surface area (Å²) in [5.41, 5.74) is 3.63. The average Bonchev–Trinajstić information content (AvgIpc) is 3.22. The van der Waals surface area contributed by atoms with Crippen LogP contribution < -0.4 is 0 Å². The molecule has 2 aromatic heterocycles. The maximum atomic E-state index is 13.2. The lowest BCUT2D eigenvalue weighted by Crippen LogP contribution is -2.04. The van der Waals surface area contributed by atoms with E-state index >= 15 is 0 Å². The normalized spacial score (nSPS) is 11.1. The minimum atomic E-state index is -0.357. The second kappa shape index (κ2) is 6.96. The van der Waals surface area contributed by atoms with Gasteiger partial charge in [-0.25, -0.2) is 13.9 Å². The van der Waals surface area contributed by atoms with Gasteiger partial charge in [0.1, 0.15) is 22.1 Å². The molecule has 4 nitrogen and oxygen atoms in total. The van der Waals surface area contributed by atoms with Crippen LogP contribution in [0.25, 0.3) is 15.9 Å². The van der Waals surface area contributed by atoms with Gasteiger partial charge in [-0.15, -0.1) is 11.3 Å². The second-order valence-electron chi connectivity index (χ2n) is 6.31. The molecule has 136 valence electrons. The maximum Gasteiger partial charge on any atom is 0.348 e. The van der Waals surface area contributed by atoms with E-state index in [1.165, 1.54) is 23.5 Å². The van der Waals surface area contributed by atoms with Crippen molar-refractivity contribution in [3.63, 3.8) is 0 Å². The van der Waals surface area contributed by atoms with Crippen LogP contribution in [0.5, 0.6) is 0 Å². The first-order chi connectivity index (χ1) is 13.0. The van der Waals surface area contributed by atoms with E-state index in [0.717, 1.165) is 32.7 Å². The summed E-state index contributed by atoms with van der Waals surface area (Å²) in [6.07, 6.45) is 0. The minimum Gasteiger partial charge on any atom is -0.457 e. The Balaban J connectivity index is 1.61. The van der Waals surface area contributed by atoms with Gasteiger partial charge in [0.05, 0.1) is 11.4 Å². The van der Waals surface area contributed by atoms with Crippen LogP contribution in [0.4, 0.5) is 4.39 Å². The third-order valence-corrected chi connectivity index (χ3v) is 5.53. The molecule has 0 bridgehead atoms. The van der Waals surface area contributed by atoms with Gasteiger partial charge in [0.2, 0.25) is 0 Å². The molecule has 0 fully saturated rings. The Labute approximate surface area is 159 Å². The number of thiophene rings is 1. The number of hydrogen-bond acceptors (Lipinski definition) is 4. The molecule has 4 rings (SSSR count). The first-order valence-electron chi connectivity index (χ1n) is 8.49. The Morgan fingerprint density at radius 2 is 1.89 bits per heavy atom. The number of fused-ring (bicyclic) bond motifs is 1. The Kier molecular flexibility index (Phi) is 4.49. The molecule has 0 aliphatic rings. The topological polar surface area (TPSA) is 44.1 Å². The number of hydrogen-bond donors (Lipinski definition) is 0. The predicted octanol–water partition coefficient (Wildman–Crippen LogP) is 5.20. The zero-order valence-electron chi connectivity index (χ0n) is 14.9. The summed E-state index contributed by atoms with van der Waals surface area (Å²) in [6.45, 7) is 4.11. The van der Waals surface area contributed by atoms with E-state index in [-0.39, 0.29) is 18.4 Å². The third kappa shape index (κ3) is 3.36. The van der Waals surface area contributed by atoms with E-state index in [4.69, 9.17) is 4.74 Å². The molecule has 0 aliphatic heterocycles. The van der Waals surface area contributed by atoms with Crippen LogP contribution in [-0.2, 0) is 11.3 Å². The van der Waals surface area contributed by atoms with E-state index in [9.17, 15) is 9.18 Å². The molecule has 0 saturated heterocycles. The fourth-order valence-electron chi connectivity index (χ4n) is 2.89. The van der Waals surface area contributed by atoms with Crippen molar-refractivity contribution in [1.82, 2.24) is 9.78 Å². The summed E-state index contributed by atoms with van der Waals surface area (Å²) < 4.78 is 20.4. The third-order valence-electron chi connectivity index (χ3n) is 4.44. The van der Waals surface area contributed by atoms with Crippen LogP contribution in [-0.4, -0.2) is 15.7 Å². The Morgan fingerprint density at radius 1 is 1.15 bits per heavy atom. The summed E-state index contributed by atoms with van der Waals surface area (Å²) in [7, 11) is 0. The molecule has 0 saturated carbocycles. The second-order valence-corrected chi connectivity index (χ2v) is 7.34. The fraction of sp³-hybridized carbons (Fsp3) is 0.143. The molecule has 2 aromatic carbocycles. The molecule has 0 atom stereocenters. The number of rotatable bonds is 4. The highest BCUT2D eigenvalue weighted by atomic mass is 32.1. The molecular weight excluding hydrogens is 363 g/mol. The summed E-state index contributed by atoms with van der Waals surface area (Å²) in [5.74, 6) is -0.657. The van der Waals surface area contributed by atoms with Gasteiger partial charge in [-0.2, -0.15) is 5.10 Å². The van der Waals surface area contributed by atoms with Crippen LogP contribution >= 0.6 is 11.3 Å². The smallest absolute Gasteiger partial charge is 0.348 e. The van der Waals surface area contributed by atoms with Crippen molar-refractivity contribution < 1.29 is 13.9 Å². The van der Waals surface area contributed by atoms with E-state index in [1.807, 2.05) is 44.2 Å². The van der Waals surface area contributed by atoms with Crippen LogP contribution in [0.15, 0.2) is 54.6 Å². The molecule has 0 amide bonds. The average molecular weight is 380 g/mol. The largest absolute Gasteiger partial charge is 0.457 e. The molecule has 0 unspecified atom stereocenters. The van der Waals surface area contributed by atoms with Crippen molar-refractivity contribution in [1.29, 1.82) is 0 Å². The number of esters is 1. The lowest BCUT2D eigenvalue weighted by atomic mass is 10.1. The quantitative estimate of drug-likeness (QED) is 0.457. The number of carbonyl (C=O) groups is 1. The van der Waals surface area contributed by atoms with E-state index in [0.29, 0.717) is 4.88 Å². The lowest BCUT2D eigenvalue weighted by Gasteiger charge is -2.06. The number of aromatic nitrogens is 2. The highest BCUT2D eigenvalue weighted by Crippen LogP contribution is 2.31. The Morgan fingerprint density at radius 3 is 2.63 bits per heavy atom. The molecule has 0 spiro atoms. The summed E-state index contributed by atoms with van der Waals surface area (Å²) >= 11 is 1.32. The van der Waals surface area contributed by atoms with Gasteiger partial charge < -0.3 is 4.74 Å². The molecule has 0 N–H and O–H groups in total. The highest BCUT2D eigenvalue weighted by Gasteiger charge is 2.18. The molecular formula is C21H17FN2O2S. The van der Waals surface area contributed by atoms with Crippen LogP contribution in [0.3, 0.4) is 0 Å². The van der Waals surface area contributed by atoms with E-state index in [1.54, 1.807) is 16.8 Å². The van der Waals surface area contributed by atoms with E-state index < -0.39 is 0 Å². The van der Waals surface area contributed by atoms with Crippen LogP contribution in [0.2, 0.25) is 0 Å². The highest BCUT2D eigenvalue weighted by molar-refractivity contribution is 7.20. The molecule has 6 heteroatoms. The van der Waals surface area contributed by atoms with Crippen LogP contribution in [0.1, 0.15) is 26.5 Å². The molecule has 4 aromatic rings. The first-order valence-corrected chi connectivity index (χ1v) is 9.31. The van der Waals surface area contributed by atoms with Gasteiger partial charge in [0.25, 0.3) is 0 Å². The molecule has 0 aliphatic carbocycles. The minimum absolute atomic E-state index is 0.239. The predicted molar refractivity (Wildman–Crippen MR) is 104 cm³/mol. The number of aryl methyl sites for hydroxylation is 2. The van der Waals surface area contributed by atoms with Gasteiger partial charge in [-0.3, -0.25) is 0 Å². The zero-order chi connectivity index (χ0) is 19.0. The number of benzene rings is 2. The lowest BCUT2D eigenvalue weighted by molar-refractivity contribution is 0.0478. The number of ether oxygens (including phenoxy) is 1. The maximum absolute atomic E-state index is 13.2. The first kappa shape index (κ1) is 17.4. The number of carbonyl (C=O) groups excluding carboxylic acids is 1. The van der Waals surface area contributed by atoms with Crippen molar-refractivity contribution >= 4 is 27.5 Å². The van der Waals surface area contributed by atoms with Crippen molar-refractivity contribution in [2.24, 2.45) is 0 Å². The number of nitrogens with zero attached hydrogens (tertiary/aromatic N) is 2. The van der Waals surface area contributed by atoms with Gasteiger partial charge in [-0.1, -0.05) is 24.3 Å². The molecule has 0 radical (unpaired) electrons. The molecule has 27 heavy (non-hydrogen) atoms.